The topological polar surface area (TPSA) is 86.6 Å². The minimum Gasteiger partial charge on any atom is -0.462 e. The summed E-state index contributed by atoms with van der Waals surface area (Å²) in [5.41, 5.74) is -1.06. The van der Waals surface area contributed by atoms with Crippen LogP contribution in [0.2, 0.25) is 0 Å². The fraction of sp³-hybridized carbons (Fsp3) is 0.533. The monoisotopic (exact) mass is 310 g/mol. The first-order valence-electron chi connectivity index (χ1n) is 7.08. The first-order valence-corrected chi connectivity index (χ1v) is 7.08. The molecule has 0 radical (unpaired) electrons. The molecule has 1 aromatic heterocycles. The molecule has 7 heteroatoms. The molecular formula is C15H22N2O5. The number of nitrogens with one attached hydrogen (secondary N) is 1. The quantitative estimate of drug-likeness (QED) is 0.834. The Balaban J connectivity index is 2.64. The first kappa shape index (κ1) is 17.7. The van der Waals surface area contributed by atoms with Crippen molar-refractivity contribution in [1.29, 1.82) is 0 Å². The van der Waals surface area contributed by atoms with E-state index >= 15 is 0 Å². The van der Waals surface area contributed by atoms with Gasteiger partial charge in [-0.3, -0.25) is 4.79 Å². The molecule has 0 unspecified atom stereocenters. The molecular weight excluding hydrogens is 288 g/mol. The molecule has 7 nitrogen and oxygen atoms in total. The van der Waals surface area contributed by atoms with Crippen LogP contribution in [-0.4, -0.2) is 35.4 Å². The van der Waals surface area contributed by atoms with Crippen LogP contribution in [0.1, 0.15) is 38.1 Å². The van der Waals surface area contributed by atoms with Gasteiger partial charge < -0.3 is 19.4 Å². The van der Waals surface area contributed by atoms with Crippen molar-refractivity contribution in [3.63, 3.8) is 0 Å². The molecule has 1 aromatic rings. The second-order valence-electron chi connectivity index (χ2n) is 5.57. The maximum atomic E-state index is 12.1. The highest BCUT2D eigenvalue weighted by molar-refractivity contribution is 5.88. The van der Waals surface area contributed by atoms with E-state index in [1.165, 1.54) is 10.6 Å². The predicted molar refractivity (Wildman–Crippen MR) is 80.9 cm³/mol. The predicted octanol–water partition coefficient (Wildman–Crippen LogP) is 1.55. The fourth-order valence-corrected chi connectivity index (χ4v) is 1.67. The van der Waals surface area contributed by atoms with Gasteiger partial charge in [0.05, 0.1) is 6.61 Å². The third kappa shape index (κ3) is 5.59. The summed E-state index contributed by atoms with van der Waals surface area (Å²) >= 11 is 0. The van der Waals surface area contributed by atoms with Gasteiger partial charge in [0.1, 0.15) is 11.2 Å². The number of aromatic nitrogens is 1. The number of esters is 1. The molecule has 1 amide bonds. The molecule has 1 rings (SSSR count). The third-order valence-corrected chi connectivity index (χ3v) is 2.54. The van der Waals surface area contributed by atoms with Crippen LogP contribution >= 0.6 is 0 Å². The summed E-state index contributed by atoms with van der Waals surface area (Å²) in [5.74, 6) is -0.651. The fourth-order valence-electron chi connectivity index (χ4n) is 1.67. The smallest absolute Gasteiger partial charge is 0.407 e. The summed E-state index contributed by atoms with van der Waals surface area (Å²) in [6.45, 7) is 7.60. The number of carbonyl (C=O) groups is 2. The summed E-state index contributed by atoms with van der Waals surface area (Å²) in [5, 5.41) is 2.55. The van der Waals surface area contributed by atoms with E-state index in [-0.39, 0.29) is 25.3 Å². The highest BCUT2D eigenvalue weighted by Gasteiger charge is 2.16. The van der Waals surface area contributed by atoms with E-state index in [1.807, 2.05) is 0 Å². The van der Waals surface area contributed by atoms with Crippen LogP contribution in [0.25, 0.3) is 0 Å². The van der Waals surface area contributed by atoms with Gasteiger partial charge in [0.25, 0.3) is 5.56 Å². The van der Waals surface area contributed by atoms with Crippen LogP contribution in [0.5, 0.6) is 0 Å². The number of hydrogen-bond donors (Lipinski definition) is 1. The number of amides is 1. The average molecular weight is 310 g/mol. The van der Waals surface area contributed by atoms with Gasteiger partial charge in [0.15, 0.2) is 0 Å². The number of hydrogen-bond acceptors (Lipinski definition) is 5. The molecule has 0 fully saturated rings. The standard InChI is InChI=1S/C15H22N2O5/c1-5-21-13(19)11-7-6-9-17(12(11)18)10-8-16-14(20)22-15(2,3)4/h6-7,9H,5,8,10H2,1-4H3,(H,16,20). The van der Waals surface area contributed by atoms with Crippen LogP contribution < -0.4 is 10.9 Å². The lowest BCUT2D eigenvalue weighted by atomic mass is 10.2. The van der Waals surface area contributed by atoms with Gasteiger partial charge >= 0.3 is 12.1 Å². The molecule has 0 spiro atoms. The number of ether oxygens (including phenoxy) is 2. The summed E-state index contributed by atoms with van der Waals surface area (Å²) < 4.78 is 11.2. The molecule has 0 saturated carbocycles. The normalized spacial score (nSPS) is 10.9. The molecule has 0 aliphatic heterocycles. The maximum Gasteiger partial charge on any atom is 0.407 e. The maximum absolute atomic E-state index is 12.1. The Bertz CT molecular complexity index is 586. The number of pyridine rings is 1. The number of alkyl carbamates (subject to hydrolysis) is 1. The number of carbonyl (C=O) groups excluding carboxylic acids is 2. The molecule has 1 N–H and O–H groups in total. The van der Waals surface area contributed by atoms with Gasteiger partial charge in [-0.05, 0) is 39.8 Å². The van der Waals surface area contributed by atoms with Crippen molar-refractivity contribution >= 4 is 12.1 Å². The van der Waals surface area contributed by atoms with Crippen LogP contribution in [0.15, 0.2) is 23.1 Å². The van der Waals surface area contributed by atoms with Gasteiger partial charge in [-0.2, -0.15) is 0 Å². The summed E-state index contributed by atoms with van der Waals surface area (Å²) in [4.78, 5) is 35.2. The van der Waals surface area contributed by atoms with E-state index in [2.05, 4.69) is 5.32 Å². The minimum absolute atomic E-state index is 0.0263. The van der Waals surface area contributed by atoms with E-state index < -0.39 is 23.2 Å². The van der Waals surface area contributed by atoms with E-state index in [1.54, 1.807) is 40.0 Å². The summed E-state index contributed by atoms with van der Waals surface area (Å²) in [6, 6.07) is 3.00. The molecule has 0 aliphatic carbocycles. The van der Waals surface area contributed by atoms with Crippen molar-refractivity contribution in [1.82, 2.24) is 9.88 Å². The van der Waals surface area contributed by atoms with Crippen LogP contribution in [-0.2, 0) is 16.0 Å². The van der Waals surface area contributed by atoms with Crippen LogP contribution in [0, 0.1) is 0 Å². The lowest BCUT2D eigenvalue weighted by Crippen LogP contribution is -2.36. The zero-order valence-corrected chi connectivity index (χ0v) is 13.3. The lowest BCUT2D eigenvalue weighted by Gasteiger charge is -2.19. The summed E-state index contributed by atoms with van der Waals surface area (Å²) in [6.07, 6.45) is 0.990. The van der Waals surface area contributed by atoms with Crippen molar-refractivity contribution in [3.05, 3.63) is 34.2 Å². The molecule has 0 saturated heterocycles. The molecule has 0 aliphatic rings. The average Bonchev–Trinajstić information content (AvgIpc) is 2.39. The van der Waals surface area contributed by atoms with Gasteiger partial charge in [-0.1, -0.05) is 0 Å². The molecule has 122 valence electrons. The van der Waals surface area contributed by atoms with E-state index in [4.69, 9.17) is 9.47 Å². The van der Waals surface area contributed by atoms with E-state index in [0.717, 1.165) is 0 Å². The zero-order valence-electron chi connectivity index (χ0n) is 13.3. The SMILES string of the molecule is CCOC(=O)c1cccn(CCNC(=O)OC(C)(C)C)c1=O. The number of nitrogens with zero attached hydrogens (tertiary/aromatic N) is 1. The van der Waals surface area contributed by atoms with Crippen molar-refractivity contribution in [2.75, 3.05) is 13.2 Å². The van der Waals surface area contributed by atoms with Crippen molar-refractivity contribution in [2.24, 2.45) is 0 Å². The third-order valence-electron chi connectivity index (χ3n) is 2.54. The Morgan fingerprint density at radius 3 is 2.59 bits per heavy atom. The molecule has 22 heavy (non-hydrogen) atoms. The molecule has 1 heterocycles. The minimum atomic E-state index is -0.651. The zero-order chi connectivity index (χ0) is 16.8. The van der Waals surface area contributed by atoms with Crippen LogP contribution in [0.3, 0.4) is 0 Å². The van der Waals surface area contributed by atoms with Crippen molar-refractivity contribution < 1.29 is 19.1 Å². The van der Waals surface area contributed by atoms with Crippen molar-refractivity contribution in [3.8, 4) is 0 Å². The van der Waals surface area contributed by atoms with E-state index in [0.29, 0.717) is 0 Å². The molecule has 0 aromatic carbocycles. The van der Waals surface area contributed by atoms with Gasteiger partial charge in [0.2, 0.25) is 0 Å². The molecule has 0 bridgehead atoms. The largest absolute Gasteiger partial charge is 0.462 e. The van der Waals surface area contributed by atoms with Crippen LogP contribution in [0.4, 0.5) is 4.79 Å². The highest BCUT2D eigenvalue weighted by Crippen LogP contribution is 2.06. The first-order chi connectivity index (χ1) is 10.2. The van der Waals surface area contributed by atoms with Gasteiger partial charge in [-0.25, -0.2) is 9.59 Å². The number of rotatable bonds is 5. The Kier molecular flexibility index (Phi) is 6.15. The Morgan fingerprint density at radius 2 is 2.00 bits per heavy atom. The van der Waals surface area contributed by atoms with Gasteiger partial charge in [0, 0.05) is 19.3 Å². The van der Waals surface area contributed by atoms with Gasteiger partial charge in [-0.15, -0.1) is 0 Å². The summed E-state index contributed by atoms with van der Waals surface area (Å²) in [7, 11) is 0. The van der Waals surface area contributed by atoms with E-state index in [9.17, 15) is 14.4 Å². The molecule has 0 atom stereocenters. The Labute approximate surface area is 129 Å². The lowest BCUT2D eigenvalue weighted by molar-refractivity contribution is 0.0510. The Morgan fingerprint density at radius 1 is 1.32 bits per heavy atom. The highest BCUT2D eigenvalue weighted by atomic mass is 16.6. The Hall–Kier alpha value is -2.31. The second kappa shape index (κ2) is 7.63. The second-order valence-corrected chi connectivity index (χ2v) is 5.57. The van der Waals surface area contributed by atoms with Crippen molar-refractivity contribution in [2.45, 2.75) is 39.8 Å².